The molecule has 0 aromatic heterocycles. The number of hydrogen-bond acceptors (Lipinski definition) is 2. The zero-order valence-corrected chi connectivity index (χ0v) is 9.10. The van der Waals surface area contributed by atoms with Gasteiger partial charge in [-0.3, -0.25) is 0 Å². The second-order valence-electron chi connectivity index (χ2n) is 3.29. The van der Waals surface area contributed by atoms with Gasteiger partial charge in [0.1, 0.15) is 0 Å². The number of likely N-dealkylation sites (tertiary alicyclic amines) is 1. The third-order valence-electron chi connectivity index (χ3n) is 2.03. The molecular weight excluding hydrogens is 176 g/mol. The molecule has 66 valence electrons. The minimum Gasteiger partial charge on any atom is -0.382 e. The summed E-state index contributed by atoms with van der Waals surface area (Å²) in [5, 5.41) is 8.73. The van der Waals surface area contributed by atoms with E-state index in [4.69, 9.17) is 0 Å². The maximum Gasteiger partial charge on any atom is 0.0917 e. The summed E-state index contributed by atoms with van der Waals surface area (Å²) < 4.78 is 0. The lowest BCUT2D eigenvalue weighted by Crippen LogP contribution is -2.25. The van der Waals surface area contributed by atoms with E-state index in [-0.39, 0.29) is 0 Å². The van der Waals surface area contributed by atoms with Crippen LogP contribution >= 0.6 is 18.5 Å². The molecule has 1 N–H and O–H groups in total. The topological polar surface area (TPSA) is 23.5 Å². The Balaban J connectivity index is 2.11. The van der Waals surface area contributed by atoms with Gasteiger partial charge in [0, 0.05) is 6.54 Å². The fourth-order valence-electron chi connectivity index (χ4n) is 1.34. The molecule has 0 amide bonds. The van der Waals surface area contributed by atoms with Gasteiger partial charge in [-0.15, -0.1) is 0 Å². The Bertz CT molecular complexity index is 118. The smallest absolute Gasteiger partial charge is 0.0917 e. The monoisotopic (exact) mass is 193 g/mol. The molecule has 2 nitrogen and oxygen atoms in total. The van der Waals surface area contributed by atoms with Crippen molar-refractivity contribution in [2.24, 2.45) is 0 Å². The molecule has 2 unspecified atom stereocenters. The van der Waals surface area contributed by atoms with Crippen LogP contribution in [0.25, 0.3) is 0 Å². The van der Waals surface area contributed by atoms with Gasteiger partial charge in [0.25, 0.3) is 0 Å². The molecule has 0 aromatic rings. The molecule has 1 aliphatic heterocycles. The second kappa shape index (κ2) is 4.14. The van der Waals surface area contributed by atoms with Gasteiger partial charge in [-0.05, 0) is 32.4 Å². The summed E-state index contributed by atoms with van der Waals surface area (Å²) in [6.07, 6.45) is 3.47. The zero-order valence-electron chi connectivity index (χ0n) is 6.79. The maximum absolute atomic E-state index is 9.38. The molecular formula is C7H17NOP2. The summed E-state index contributed by atoms with van der Waals surface area (Å²) in [7, 11) is 4.87. The highest BCUT2D eigenvalue weighted by Gasteiger charge is 2.17. The van der Waals surface area contributed by atoms with Gasteiger partial charge in [-0.25, -0.2) is 0 Å². The molecule has 1 saturated heterocycles. The lowest BCUT2D eigenvalue weighted by molar-refractivity contribution is 0.192. The van der Waals surface area contributed by atoms with Crippen molar-refractivity contribution in [2.75, 3.05) is 19.6 Å². The first-order valence-electron chi connectivity index (χ1n) is 4.10. The normalized spacial score (nSPS) is 21.0. The highest BCUT2D eigenvalue weighted by molar-refractivity contribution is 7.39. The van der Waals surface area contributed by atoms with E-state index in [1.807, 2.05) is 0 Å². The predicted octanol–water partition coefficient (Wildman–Crippen LogP) is 0.869. The lowest BCUT2D eigenvalue weighted by atomic mass is 10.4. The van der Waals surface area contributed by atoms with Gasteiger partial charge < -0.3 is 10.0 Å². The molecule has 0 bridgehead atoms. The van der Waals surface area contributed by atoms with E-state index in [2.05, 4.69) is 23.4 Å². The van der Waals surface area contributed by atoms with Crippen LogP contribution in [0.5, 0.6) is 0 Å². The third-order valence-corrected chi connectivity index (χ3v) is 2.60. The molecule has 0 saturated carbocycles. The Kier molecular flexibility index (Phi) is 3.71. The Hall–Kier alpha value is 0.780. The maximum atomic E-state index is 9.38. The van der Waals surface area contributed by atoms with Crippen molar-refractivity contribution in [1.29, 1.82) is 0 Å². The van der Waals surface area contributed by atoms with Gasteiger partial charge in [0.15, 0.2) is 0 Å². The highest BCUT2D eigenvalue weighted by Crippen LogP contribution is 2.27. The first kappa shape index (κ1) is 9.86. The quantitative estimate of drug-likeness (QED) is 0.672. The first-order valence-corrected chi connectivity index (χ1v) is 5.26. The minimum atomic E-state index is -0.650. The van der Waals surface area contributed by atoms with Gasteiger partial charge in [0.05, 0.1) is 5.08 Å². The molecule has 4 heteroatoms. The molecule has 0 radical (unpaired) electrons. The van der Waals surface area contributed by atoms with Crippen LogP contribution in [0.4, 0.5) is 0 Å². The van der Waals surface area contributed by atoms with Crippen LogP contribution in [0.2, 0.25) is 0 Å². The molecule has 1 heterocycles. The summed E-state index contributed by atoms with van der Waals surface area (Å²) in [5.41, 5.74) is 0. The largest absolute Gasteiger partial charge is 0.382 e. The minimum absolute atomic E-state index is 0.650. The van der Waals surface area contributed by atoms with Crippen LogP contribution in [0.1, 0.15) is 19.3 Å². The number of hydrogen-bond donors (Lipinski definition) is 1. The average Bonchev–Trinajstić information content (AvgIpc) is 2.32. The molecule has 2 atom stereocenters. The Morgan fingerprint density at radius 1 is 1.27 bits per heavy atom. The number of aliphatic hydroxyl groups is 1. The van der Waals surface area contributed by atoms with Gasteiger partial charge in [-0.1, -0.05) is 18.5 Å². The molecule has 0 spiro atoms. The number of nitrogens with zero attached hydrogens (tertiary/aromatic N) is 1. The molecule has 1 rings (SSSR count). The van der Waals surface area contributed by atoms with E-state index >= 15 is 0 Å². The van der Waals surface area contributed by atoms with E-state index in [0.717, 1.165) is 13.0 Å². The molecule has 0 aliphatic carbocycles. The predicted molar refractivity (Wildman–Crippen MR) is 54.7 cm³/mol. The van der Waals surface area contributed by atoms with E-state index in [1.54, 1.807) is 0 Å². The summed E-state index contributed by atoms with van der Waals surface area (Å²) in [5.74, 6) is 0. The standard InChI is InChI=1S/C7H17NOP2/c9-7(10,11)3-6-8-4-1-2-5-8/h9H,1-6,10-11H2. The van der Waals surface area contributed by atoms with E-state index in [0.29, 0.717) is 0 Å². The van der Waals surface area contributed by atoms with Gasteiger partial charge in [0.2, 0.25) is 0 Å². The molecule has 11 heavy (non-hydrogen) atoms. The van der Waals surface area contributed by atoms with Crippen molar-refractivity contribution < 1.29 is 5.11 Å². The van der Waals surface area contributed by atoms with Crippen molar-refractivity contribution in [3.63, 3.8) is 0 Å². The summed E-state index contributed by atoms with van der Waals surface area (Å²) >= 11 is 0. The fraction of sp³-hybridized carbons (Fsp3) is 1.00. The van der Waals surface area contributed by atoms with Crippen LogP contribution < -0.4 is 0 Å². The number of rotatable bonds is 3. The Morgan fingerprint density at radius 2 is 1.82 bits per heavy atom. The van der Waals surface area contributed by atoms with Gasteiger partial charge in [-0.2, -0.15) is 0 Å². The van der Waals surface area contributed by atoms with Crippen molar-refractivity contribution in [2.45, 2.75) is 24.3 Å². The Morgan fingerprint density at radius 3 is 2.27 bits per heavy atom. The van der Waals surface area contributed by atoms with Crippen LogP contribution in [-0.2, 0) is 0 Å². The molecule has 1 fully saturated rings. The van der Waals surface area contributed by atoms with Crippen molar-refractivity contribution in [1.82, 2.24) is 4.90 Å². The lowest BCUT2D eigenvalue weighted by Gasteiger charge is -2.21. The summed E-state index contributed by atoms with van der Waals surface area (Å²) in [6, 6.07) is 0. The highest BCUT2D eigenvalue weighted by atomic mass is 31.1. The van der Waals surface area contributed by atoms with Crippen molar-refractivity contribution in [3.05, 3.63) is 0 Å². The second-order valence-corrected chi connectivity index (χ2v) is 5.96. The average molecular weight is 193 g/mol. The van der Waals surface area contributed by atoms with Crippen LogP contribution in [0.15, 0.2) is 0 Å². The van der Waals surface area contributed by atoms with Crippen molar-refractivity contribution in [3.8, 4) is 0 Å². The van der Waals surface area contributed by atoms with E-state index < -0.39 is 5.08 Å². The van der Waals surface area contributed by atoms with Gasteiger partial charge >= 0.3 is 0 Å². The molecule has 1 aliphatic rings. The first-order chi connectivity index (χ1) is 5.08. The van der Waals surface area contributed by atoms with Crippen LogP contribution in [0, 0.1) is 0 Å². The SMILES string of the molecule is OC(P)(P)CCN1CCCC1. The van der Waals surface area contributed by atoms with Crippen LogP contribution in [0.3, 0.4) is 0 Å². The van der Waals surface area contributed by atoms with E-state index in [9.17, 15) is 5.11 Å². The third kappa shape index (κ3) is 4.38. The molecule has 0 aromatic carbocycles. The van der Waals surface area contributed by atoms with Crippen molar-refractivity contribution >= 4 is 18.5 Å². The zero-order chi connectivity index (χ0) is 8.32. The summed E-state index contributed by atoms with van der Waals surface area (Å²) in [6.45, 7) is 3.44. The Labute approximate surface area is 73.1 Å². The van der Waals surface area contributed by atoms with Crippen LogP contribution in [-0.4, -0.2) is 34.7 Å². The van der Waals surface area contributed by atoms with E-state index in [1.165, 1.54) is 25.9 Å². The fourth-order valence-corrected chi connectivity index (χ4v) is 1.60. The summed E-state index contributed by atoms with van der Waals surface area (Å²) in [4.78, 5) is 2.40.